The van der Waals surface area contributed by atoms with Gasteiger partial charge in [-0.2, -0.15) is 0 Å². The molecule has 3 rings (SSSR count). The van der Waals surface area contributed by atoms with Crippen LogP contribution >= 0.6 is 23.4 Å². The molecule has 7 nitrogen and oxygen atoms in total. The van der Waals surface area contributed by atoms with E-state index >= 15 is 0 Å². The van der Waals surface area contributed by atoms with Crippen LogP contribution in [0.2, 0.25) is 5.02 Å². The lowest BCUT2D eigenvalue weighted by molar-refractivity contribution is -0.124. The Morgan fingerprint density at radius 2 is 1.84 bits per heavy atom. The number of amides is 4. The van der Waals surface area contributed by atoms with Crippen molar-refractivity contribution in [2.45, 2.75) is 0 Å². The van der Waals surface area contributed by atoms with Gasteiger partial charge in [-0.3, -0.25) is 24.1 Å². The zero-order valence-corrected chi connectivity index (χ0v) is 17.9. The molecule has 4 amide bonds. The Balaban J connectivity index is 1.48. The molecular formula is C21H16ClF2N3O4S. The van der Waals surface area contributed by atoms with Gasteiger partial charge in [0.05, 0.1) is 17.0 Å². The Morgan fingerprint density at radius 1 is 1.09 bits per heavy atom. The Hall–Kier alpha value is -3.24. The zero-order valence-electron chi connectivity index (χ0n) is 16.4. The minimum absolute atomic E-state index is 0.0446. The predicted octanol–water partition coefficient (Wildman–Crippen LogP) is 3.20. The summed E-state index contributed by atoms with van der Waals surface area (Å²) >= 11 is 6.84. The third kappa shape index (κ3) is 5.71. The van der Waals surface area contributed by atoms with E-state index in [0.717, 1.165) is 28.8 Å². The van der Waals surface area contributed by atoms with Crippen LogP contribution in [0.1, 0.15) is 15.9 Å². The van der Waals surface area contributed by atoms with Crippen molar-refractivity contribution in [3.63, 3.8) is 0 Å². The van der Waals surface area contributed by atoms with E-state index in [-0.39, 0.29) is 18.0 Å². The van der Waals surface area contributed by atoms with Crippen LogP contribution in [0.5, 0.6) is 0 Å². The normalized spacial score (nSPS) is 14.7. The van der Waals surface area contributed by atoms with Crippen LogP contribution < -0.4 is 10.6 Å². The molecule has 0 spiro atoms. The van der Waals surface area contributed by atoms with Gasteiger partial charge in [0.25, 0.3) is 17.1 Å². The van der Waals surface area contributed by atoms with Gasteiger partial charge in [-0.1, -0.05) is 29.8 Å². The fourth-order valence-electron chi connectivity index (χ4n) is 2.73. The lowest BCUT2D eigenvalue weighted by Crippen LogP contribution is -2.41. The quantitative estimate of drug-likeness (QED) is 0.595. The second kappa shape index (κ2) is 10.4. The molecule has 1 heterocycles. The average molecular weight is 480 g/mol. The van der Waals surface area contributed by atoms with Crippen molar-refractivity contribution in [1.29, 1.82) is 0 Å². The van der Waals surface area contributed by atoms with Crippen molar-refractivity contribution < 1.29 is 28.0 Å². The standard InChI is InChI=1S/C21H16ClF2N3O4S/c22-15-4-2-1-3-12(15)9-17-20(30)27(21(31)32-17)8-7-25-18(28)11-26-19(29)14-6-5-13(23)10-16(14)24/h1-6,9-10H,7-8,11H2,(H,25,28)(H,26,29)/b17-9-. The summed E-state index contributed by atoms with van der Waals surface area (Å²) in [4.78, 5) is 49.6. The second-order valence-corrected chi connectivity index (χ2v) is 7.91. The van der Waals surface area contributed by atoms with Crippen LogP contribution in [0, 0.1) is 11.6 Å². The molecule has 0 aromatic heterocycles. The summed E-state index contributed by atoms with van der Waals surface area (Å²) in [5.74, 6) is -3.88. The van der Waals surface area contributed by atoms with Crippen LogP contribution in [0.15, 0.2) is 47.4 Å². The third-order valence-electron chi connectivity index (χ3n) is 4.31. The number of nitrogens with zero attached hydrogens (tertiary/aromatic N) is 1. The van der Waals surface area contributed by atoms with E-state index in [4.69, 9.17) is 11.6 Å². The SMILES string of the molecule is O=C(CNC(=O)c1ccc(F)cc1F)NCCN1C(=O)S/C(=C\c2ccccc2Cl)C1=O. The number of thioether (sulfide) groups is 1. The Labute approximate surface area is 190 Å². The van der Waals surface area contributed by atoms with Gasteiger partial charge in [0.2, 0.25) is 5.91 Å². The van der Waals surface area contributed by atoms with Crippen molar-refractivity contribution in [3.05, 3.63) is 75.2 Å². The number of carbonyl (C=O) groups excluding carboxylic acids is 4. The summed E-state index contributed by atoms with van der Waals surface area (Å²) in [6.45, 7) is -0.586. The van der Waals surface area contributed by atoms with Crippen LogP contribution in [-0.4, -0.2) is 47.5 Å². The van der Waals surface area contributed by atoms with Gasteiger partial charge < -0.3 is 10.6 Å². The number of nitrogens with one attached hydrogen (secondary N) is 2. The molecule has 0 aliphatic carbocycles. The van der Waals surface area contributed by atoms with Crippen LogP contribution in [0.25, 0.3) is 6.08 Å². The van der Waals surface area contributed by atoms with Crippen molar-refractivity contribution in [2.75, 3.05) is 19.6 Å². The molecule has 1 fully saturated rings. The smallest absolute Gasteiger partial charge is 0.293 e. The molecule has 32 heavy (non-hydrogen) atoms. The molecule has 1 aliphatic heterocycles. The predicted molar refractivity (Wildman–Crippen MR) is 116 cm³/mol. The maximum atomic E-state index is 13.6. The Bertz CT molecular complexity index is 1130. The van der Waals surface area contributed by atoms with E-state index in [9.17, 15) is 28.0 Å². The number of imide groups is 1. The summed E-state index contributed by atoms with van der Waals surface area (Å²) in [7, 11) is 0. The molecule has 166 valence electrons. The summed E-state index contributed by atoms with van der Waals surface area (Å²) in [5.41, 5.74) is 0.198. The second-order valence-electron chi connectivity index (χ2n) is 6.51. The number of halogens is 3. The minimum atomic E-state index is -1.05. The molecule has 0 saturated carbocycles. The average Bonchev–Trinajstić information content (AvgIpc) is 3.01. The lowest BCUT2D eigenvalue weighted by atomic mass is 10.2. The van der Waals surface area contributed by atoms with Crippen molar-refractivity contribution in [2.24, 2.45) is 0 Å². The summed E-state index contributed by atoms with van der Waals surface area (Å²) in [6, 6.07) is 9.32. The van der Waals surface area contributed by atoms with E-state index in [1.807, 2.05) is 0 Å². The van der Waals surface area contributed by atoms with Gasteiger partial charge in [-0.15, -0.1) is 0 Å². The van der Waals surface area contributed by atoms with E-state index in [1.165, 1.54) is 6.08 Å². The minimum Gasteiger partial charge on any atom is -0.353 e. The van der Waals surface area contributed by atoms with Gasteiger partial charge in [0, 0.05) is 24.2 Å². The van der Waals surface area contributed by atoms with Crippen molar-refractivity contribution in [1.82, 2.24) is 15.5 Å². The number of rotatable bonds is 7. The van der Waals surface area contributed by atoms with Gasteiger partial charge in [0.1, 0.15) is 11.6 Å². The molecule has 1 saturated heterocycles. The van der Waals surface area contributed by atoms with Crippen molar-refractivity contribution >= 4 is 52.4 Å². The third-order valence-corrected chi connectivity index (χ3v) is 5.56. The number of carbonyl (C=O) groups is 4. The Kier molecular flexibility index (Phi) is 7.60. The molecule has 11 heteroatoms. The zero-order chi connectivity index (χ0) is 23.3. The molecule has 2 N–H and O–H groups in total. The number of hydrogen-bond acceptors (Lipinski definition) is 5. The molecule has 2 aromatic rings. The van der Waals surface area contributed by atoms with E-state index < -0.39 is 46.7 Å². The lowest BCUT2D eigenvalue weighted by Gasteiger charge is -2.13. The molecular weight excluding hydrogens is 464 g/mol. The Morgan fingerprint density at radius 3 is 2.56 bits per heavy atom. The van der Waals surface area contributed by atoms with Crippen LogP contribution in [-0.2, 0) is 9.59 Å². The van der Waals surface area contributed by atoms with Crippen LogP contribution in [0.4, 0.5) is 13.6 Å². The first-order valence-electron chi connectivity index (χ1n) is 9.26. The first-order valence-corrected chi connectivity index (χ1v) is 10.5. The van der Waals surface area contributed by atoms with Gasteiger partial charge in [-0.25, -0.2) is 8.78 Å². The maximum absolute atomic E-state index is 13.6. The van der Waals surface area contributed by atoms with E-state index in [2.05, 4.69) is 10.6 Å². The molecule has 0 radical (unpaired) electrons. The highest BCUT2D eigenvalue weighted by Gasteiger charge is 2.34. The fourth-order valence-corrected chi connectivity index (χ4v) is 3.77. The number of hydrogen-bond donors (Lipinski definition) is 2. The fraction of sp³-hybridized carbons (Fsp3) is 0.143. The first kappa shape index (κ1) is 23.4. The summed E-state index contributed by atoms with van der Waals surface area (Å²) < 4.78 is 26.5. The van der Waals surface area contributed by atoms with E-state index in [0.29, 0.717) is 16.7 Å². The molecule has 0 unspecified atom stereocenters. The molecule has 0 atom stereocenters. The largest absolute Gasteiger partial charge is 0.353 e. The van der Waals surface area contributed by atoms with Gasteiger partial charge in [0.15, 0.2) is 0 Å². The maximum Gasteiger partial charge on any atom is 0.293 e. The van der Waals surface area contributed by atoms with Crippen molar-refractivity contribution in [3.8, 4) is 0 Å². The number of benzene rings is 2. The summed E-state index contributed by atoms with van der Waals surface area (Å²) in [6.07, 6.45) is 1.52. The van der Waals surface area contributed by atoms with E-state index in [1.54, 1.807) is 24.3 Å². The van der Waals surface area contributed by atoms with Crippen LogP contribution in [0.3, 0.4) is 0 Å². The molecule has 2 aromatic carbocycles. The van der Waals surface area contributed by atoms with Gasteiger partial charge in [-0.05, 0) is 41.6 Å². The summed E-state index contributed by atoms with van der Waals surface area (Å²) in [5, 5.41) is 4.61. The van der Waals surface area contributed by atoms with Gasteiger partial charge >= 0.3 is 0 Å². The molecule has 0 bridgehead atoms. The highest BCUT2D eigenvalue weighted by Crippen LogP contribution is 2.33. The topological polar surface area (TPSA) is 95.6 Å². The molecule has 1 aliphatic rings. The first-order chi connectivity index (χ1) is 15.3. The monoisotopic (exact) mass is 479 g/mol. The highest BCUT2D eigenvalue weighted by molar-refractivity contribution is 8.18. The highest BCUT2D eigenvalue weighted by atomic mass is 35.5.